The van der Waals surface area contributed by atoms with Crippen LogP contribution in [-0.4, -0.2) is 37.6 Å². The fourth-order valence-electron chi connectivity index (χ4n) is 3.66. The SMILES string of the molecule is Nc1ncnn2cc(C(=O)NC3CC3)c(-c3ccc(NC(=O)Nc4cc(C(F)(F)F)ccn4)cc3)c12. The van der Waals surface area contributed by atoms with Gasteiger partial charge in [0.1, 0.15) is 17.7 Å². The van der Waals surface area contributed by atoms with E-state index in [0.29, 0.717) is 27.9 Å². The molecular formula is C23H19F3N8O2. The lowest BCUT2D eigenvalue weighted by Gasteiger charge is -2.11. The van der Waals surface area contributed by atoms with E-state index in [2.05, 4.69) is 31.0 Å². The molecule has 0 aliphatic heterocycles. The van der Waals surface area contributed by atoms with Crippen LogP contribution in [0.1, 0.15) is 28.8 Å². The molecule has 1 aliphatic rings. The summed E-state index contributed by atoms with van der Waals surface area (Å²) in [5.74, 6) is -0.311. The number of urea groups is 1. The van der Waals surface area contributed by atoms with E-state index in [1.54, 1.807) is 30.5 Å². The number of pyridine rings is 1. The molecule has 5 N–H and O–H groups in total. The molecule has 5 rings (SSSR count). The number of hydrogen-bond acceptors (Lipinski definition) is 6. The Labute approximate surface area is 201 Å². The van der Waals surface area contributed by atoms with Crippen molar-refractivity contribution in [1.29, 1.82) is 0 Å². The van der Waals surface area contributed by atoms with Crippen LogP contribution in [0.5, 0.6) is 0 Å². The van der Waals surface area contributed by atoms with Crippen LogP contribution < -0.4 is 21.7 Å². The smallest absolute Gasteiger partial charge is 0.382 e. The number of halogens is 3. The molecule has 0 unspecified atom stereocenters. The van der Waals surface area contributed by atoms with Crippen molar-refractivity contribution < 1.29 is 22.8 Å². The number of anilines is 3. The van der Waals surface area contributed by atoms with E-state index in [9.17, 15) is 22.8 Å². The van der Waals surface area contributed by atoms with Gasteiger partial charge in [-0.25, -0.2) is 19.3 Å². The third kappa shape index (κ3) is 4.76. The highest BCUT2D eigenvalue weighted by atomic mass is 19.4. The van der Waals surface area contributed by atoms with Crippen LogP contribution in [0, 0.1) is 0 Å². The summed E-state index contributed by atoms with van der Waals surface area (Å²) in [6.07, 6.45) is 1.13. The Hall–Kier alpha value is -4.68. The van der Waals surface area contributed by atoms with Gasteiger partial charge in [-0.05, 0) is 42.7 Å². The summed E-state index contributed by atoms with van der Waals surface area (Å²) in [7, 11) is 0. The van der Waals surface area contributed by atoms with Gasteiger partial charge in [-0.3, -0.25) is 10.1 Å². The number of amides is 3. The lowest BCUT2D eigenvalue weighted by Crippen LogP contribution is -2.25. The normalized spacial score (nSPS) is 13.4. The van der Waals surface area contributed by atoms with Gasteiger partial charge in [0.2, 0.25) is 0 Å². The van der Waals surface area contributed by atoms with Crippen molar-refractivity contribution in [3.05, 3.63) is 66.2 Å². The van der Waals surface area contributed by atoms with Crippen molar-refractivity contribution in [3.8, 4) is 11.1 Å². The van der Waals surface area contributed by atoms with E-state index in [1.807, 2.05) is 0 Å². The molecular weight excluding hydrogens is 477 g/mol. The first-order chi connectivity index (χ1) is 17.2. The van der Waals surface area contributed by atoms with Crippen LogP contribution in [-0.2, 0) is 6.18 Å². The van der Waals surface area contributed by atoms with Gasteiger partial charge in [0.05, 0.1) is 11.1 Å². The maximum absolute atomic E-state index is 12.9. The van der Waals surface area contributed by atoms with Crippen LogP contribution in [0.3, 0.4) is 0 Å². The Morgan fingerprint density at radius 3 is 2.50 bits per heavy atom. The third-order valence-corrected chi connectivity index (χ3v) is 5.52. The Morgan fingerprint density at radius 1 is 1.06 bits per heavy atom. The monoisotopic (exact) mass is 496 g/mol. The Kier molecular flexibility index (Phi) is 5.66. The van der Waals surface area contributed by atoms with Gasteiger partial charge in [-0.2, -0.15) is 18.3 Å². The molecule has 4 aromatic rings. The van der Waals surface area contributed by atoms with Crippen molar-refractivity contribution in [2.45, 2.75) is 25.1 Å². The summed E-state index contributed by atoms with van der Waals surface area (Å²) in [6.45, 7) is 0. The number of nitrogens with zero attached hydrogens (tertiary/aromatic N) is 4. The standard InChI is InChI=1S/C23H19F3N8O2/c24-23(25,26)13-7-8-28-17(9-13)33-22(36)32-15-3-1-12(2-4-15)18-16(21(35)31-14-5-6-14)10-34-19(18)20(27)29-11-30-34/h1-4,7-11,14H,5-6H2,(H,31,35)(H2,27,29,30)(H2,28,32,33,36). The minimum Gasteiger partial charge on any atom is -0.382 e. The van der Waals surface area contributed by atoms with Crippen LogP contribution in [0.15, 0.2) is 55.1 Å². The van der Waals surface area contributed by atoms with Gasteiger partial charge in [0.25, 0.3) is 5.91 Å². The quantitative estimate of drug-likeness (QED) is 0.330. The molecule has 13 heteroatoms. The second-order valence-corrected chi connectivity index (χ2v) is 8.19. The van der Waals surface area contributed by atoms with Gasteiger partial charge < -0.3 is 16.4 Å². The predicted molar refractivity (Wildman–Crippen MR) is 125 cm³/mol. The Bertz CT molecular complexity index is 1460. The summed E-state index contributed by atoms with van der Waals surface area (Å²) in [4.78, 5) is 32.9. The average molecular weight is 496 g/mol. The fraction of sp³-hybridized carbons (Fsp3) is 0.174. The van der Waals surface area contributed by atoms with Crippen LogP contribution in [0.25, 0.3) is 16.6 Å². The molecule has 1 fully saturated rings. The number of nitrogen functional groups attached to an aromatic ring is 1. The highest BCUT2D eigenvalue weighted by Gasteiger charge is 2.31. The largest absolute Gasteiger partial charge is 0.416 e. The molecule has 1 aromatic carbocycles. The molecule has 1 aliphatic carbocycles. The van der Waals surface area contributed by atoms with Crippen LogP contribution >= 0.6 is 0 Å². The third-order valence-electron chi connectivity index (χ3n) is 5.52. The van der Waals surface area contributed by atoms with Crippen LogP contribution in [0.2, 0.25) is 0 Å². The minimum atomic E-state index is -4.56. The number of carbonyl (C=O) groups is 2. The number of carbonyl (C=O) groups excluding carboxylic acids is 2. The van der Waals surface area contributed by atoms with Gasteiger partial charge in [0, 0.05) is 29.7 Å². The number of alkyl halides is 3. The Morgan fingerprint density at radius 2 is 1.81 bits per heavy atom. The van der Waals surface area contributed by atoms with Gasteiger partial charge in [0.15, 0.2) is 5.82 Å². The summed E-state index contributed by atoms with van der Waals surface area (Å²) < 4.78 is 40.1. The molecule has 0 bridgehead atoms. The second kappa shape index (κ2) is 8.83. The maximum Gasteiger partial charge on any atom is 0.416 e. The van der Waals surface area contributed by atoms with E-state index >= 15 is 0 Å². The number of fused-ring (bicyclic) bond motifs is 1. The van der Waals surface area contributed by atoms with Gasteiger partial charge in [-0.1, -0.05) is 12.1 Å². The van der Waals surface area contributed by atoms with Gasteiger partial charge >= 0.3 is 12.2 Å². The molecule has 1 saturated carbocycles. The molecule has 0 radical (unpaired) electrons. The first-order valence-corrected chi connectivity index (χ1v) is 10.8. The second-order valence-electron chi connectivity index (χ2n) is 8.19. The number of hydrogen-bond donors (Lipinski definition) is 4. The van der Waals surface area contributed by atoms with E-state index in [-0.39, 0.29) is 23.6 Å². The predicted octanol–water partition coefficient (Wildman–Crippen LogP) is 3.93. The van der Waals surface area contributed by atoms with E-state index in [4.69, 9.17) is 5.73 Å². The average Bonchev–Trinajstić information content (AvgIpc) is 3.55. The summed E-state index contributed by atoms with van der Waals surface area (Å²) in [5.41, 5.74) is 7.53. The maximum atomic E-state index is 12.9. The lowest BCUT2D eigenvalue weighted by atomic mass is 10.0. The Balaban J connectivity index is 1.38. The fourth-order valence-corrected chi connectivity index (χ4v) is 3.66. The van der Waals surface area contributed by atoms with Crippen molar-refractivity contribution in [2.75, 3.05) is 16.4 Å². The van der Waals surface area contributed by atoms with Crippen molar-refractivity contribution in [3.63, 3.8) is 0 Å². The number of rotatable bonds is 5. The topological polar surface area (TPSA) is 139 Å². The van der Waals surface area contributed by atoms with Gasteiger partial charge in [-0.15, -0.1) is 0 Å². The summed E-state index contributed by atoms with van der Waals surface area (Å²) in [5, 5.41) is 11.9. The number of aromatic nitrogens is 4. The number of nitrogens with one attached hydrogen (secondary N) is 3. The molecule has 3 aromatic heterocycles. The summed E-state index contributed by atoms with van der Waals surface area (Å²) >= 11 is 0. The molecule has 184 valence electrons. The summed E-state index contributed by atoms with van der Waals surface area (Å²) in [6, 6.07) is 7.44. The van der Waals surface area contributed by atoms with Crippen molar-refractivity contribution in [1.82, 2.24) is 24.9 Å². The lowest BCUT2D eigenvalue weighted by molar-refractivity contribution is -0.137. The zero-order valence-corrected chi connectivity index (χ0v) is 18.5. The highest BCUT2D eigenvalue weighted by Crippen LogP contribution is 2.34. The molecule has 36 heavy (non-hydrogen) atoms. The molecule has 0 saturated heterocycles. The van der Waals surface area contributed by atoms with E-state index in [0.717, 1.165) is 31.2 Å². The molecule has 3 amide bonds. The van der Waals surface area contributed by atoms with Crippen molar-refractivity contribution in [2.24, 2.45) is 0 Å². The molecule has 10 nitrogen and oxygen atoms in total. The number of benzene rings is 1. The zero-order valence-electron chi connectivity index (χ0n) is 18.5. The van der Waals surface area contributed by atoms with Crippen LogP contribution in [0.4, 0.5) is 35.3 Å². The first-order valence-electron chi connectivity index (χ1n) is 10.8. The van der Waals surface area contributed by atoms with E-state index < -0.39 is 17.8 Å². The van der Waals surface area contributed by atoms with Crippen molar-refractivity contribution >= 4 is 34.8 Å². The first kappa shape index (κ1) is 23.1. The molecule has 0 spiro atoms. The minimum absolute atomic E-state index is 0.146. The molecule has 0 atom stereocenters. The number of nitrogens with two attached hydrogens (primary N) is 1. The zero-order chi connectivity index (χ0) is 25.4. The van der Waals surface area contributed by atoms with E-state index in [1.165, 1.54) is 10.8 Å². The molecule has 3 heterocycles. The highest BCUT2D eigenvalue weighted by molar-refractivity contribution is 6.07.